The fourth-order valence-electron chi connectivity index (χ4n) is 4.19. The fourth-order valence-corrected chi connectivity index (χ4v) is 4.19. The van der Waals surface area contributed by atoms with Crippen LogP contribution in [0.4, 0.5) is 0 Å². The Labute approximate surface area is 198 Å². The van der Waals surface area contributed by atoms with Gasteiger partial charge in [0.1, 0.15) is 0 Å². The molecule has 0 radical (unpaired) electrons. The molecule has 34 heavy (non-hydrogen) atoms. The van der Waals surface area contributed by atoms with Crippen LogP contribution in [0.25, 0.3) is 34.0 Å². The van der Waals surface area contributed by atoms with Crippen molar-refractivity contribution < 1.29 is 9.59 Å². The number of ketones is 2. The van der Waals surface area contributed by atoms with E-state index in [1.54, 1.807) is 12.2 Å². The summed E-state index contributed by atoms with van der Waals surface area (Å²) in [7, 11) is 2.04. The summed E-state index contributed by atoms with van der Waals surface area (Å²) in [6, 6.07) is 31.0. The van der Waals surface area contributed by atoms with Gasteiger partial charge in [-0.2, -0.15) is 0 Å². The van der Waals surface area contributed by atoms with Crippen LogP contribution in [-0.2, 0) is 7.05 Å². The van der Waals surface area contributed by atoms with Gasteiger partial charge in [-0.25, -0.2) is 0 Å². The van der Waals surface area contributed by atoms with Crippen molar-refractivity contribution in [1.29, 1.82) is 0 Å². The lowest BCUT2D eigenvalue weighted by atomic mass is 10.1. The number of fused-ring (bicyclic) bond motifs is 3. The molecule has 3 nitrogen and oxygen atoms in total. The summed E-state index contributed by atoms with van der Waals surface area (Å²) < 4.78 is 2.15. The first-order valence-electron chi connectivity index (χ1n) is 11.2. The van der Waals surface area contributed by atoms with E-state index in [1.165, 1.54) is 0 Å². The molecule has 0 unspecified atom stereocenters. The first kappa shape index (κ1) is 21.4. The second-order valence-corrected chi connectivity index (χ2v) is 8.24. The number of carbonyl (C=O) groups is 2. The molecule has 0 spiro atoms. The average molecular weight is 442 g/mol. The molecule has 0 bridgehead atoms. The zero-order valence-corrected chi connectivity index (χ0v) is 18.8. The van der Waals surface area contributed by atoms with E-state index in [9.17, 15) is 9.59 Å². The molecule has 0 saturated carbocycles. The molecule has 1 aromatic heterocycles. The van der Waals surface area contributed by atoms with Crippen LogP contribution in [0.5, 0.6) is 0 Å². The molecule has 0 aliphatic carbocycles. The van der Waals surface area contributed by atoms with Gasteiger partial charge in [-0.3, -0.25) is 9.59 Å². The Kier molecular flexibility index (Phi) is 5.75. The van der Waals surface area contributed by atoms with E-state index in [0.29, 0.717) is 11.1 Å². The van der Waals surface area contributed by atoms with Crippen molar-refractivity contribution in [2.24, 2.45) is 7.05 Å². The van der Waals surface area contributed by atoms with Gasteiger partial charge in [-0.05, 0) is 35.4 Å². The largest absolute Gasteiger partial charge is 0.344 e. The van der Waals surface area contributed by atoms with Crippen molar-refractivity contribution in [2.75, 3.05) is 0 Å². The summed E-state index contributed by atoms with van der Waals surface area (Å²) in [5.41, 5.74) is 5.47. The Morgan fingerprint density at radius 1 is 0.588 bits per heavy atom. The number of carbonyl (C=O) groups excluding carboxylic acids is 2. The molecule has 0 fully saturated rings. The monoisotopic (exact) mass is 441 g/mol. The Balaban J connectivity index is 1.44. The lowest BCUT2D eigenvalue weighted by Gasteiger charge is -2.00. The Hall–Kier alpha value is -4.50. The SMILES string of the molecule is Cn1c2cc(C=CC(=O)c3ccccc3)ccc2c2ccc(C=CC(=O)c3ccccc3)cc21. The van der Waals surface area contributed by atoms with E-state index in [-0.39, 0.29) is 11.6 Å². The quantitative estimate of drug-likeness (QED) is 0.208. The van der Waals surface area contributed by atoms with Crippen LogP contribution in [0.3, 0.4) is 0 Å². The van der Waals surface area contributed by atoms with Gasteiger partial charge in [0.25, 0.3) is 0 Å². The highest BCUT2D eigenvalue weighted by molar-refractivity contribution is 6.10. The minimum absolute atomic E-state index is 0.0146. The summed E-state index contributed by atoms with van der Waals surface area (Å²) in [5.74, 6) is -0.0292. The van der Waals surface area contributed by atoms with Gasteiger partial charge >= 0.3 is 0 Å². The van der Waals surface area contributed by atoms with E-state index < -0.39 is 0 Å². The maximum absolute atomic E-state index is 12.4. The van der Waals surface area contributed by atoms with E-state index in [0.717, 1.165) is 32.9 Å². The lowest BCUT2D eigenvalue weighted by Crippen LogP contribution is -1.93. The van der Waals surface area contributed by atoms with Crippen LogP contribution in [-0.4, -0.2) is 16.1 Å². The number of rotatable bonds is 6. The van der Waals surface area contributed by atoms with Crippen LogP contribution < -0.4 is 0 Å². The second kappa shape index (κ2) is 9.16. The lowest BCUT2D eigenvalue weighted by molar-refractivity contribution is 0.103. The average Bonchev–Trinajstić information content (AvgIpc) is 3.17. The third-order valence-corrected chi connectivity index (χ3v) is 6.03. The summed E-state index contributed by atoms with van der Waals surface area (Å²) in [5, 5.41) is 2.31. The maximum Gasteiger partial charge on any atom is 0.185 e. The third kappa shape index (κ3) is 4.24. The minimum atomic E-state index is -0.0146. The van der Waals surface area contributed by atoms with Crippen LogP contribution in [0.15, 0.2) is 109 Å². The zero-order valence-electron chi connectivity index (χ0n) is 18.8. The van der Waals surface area contributed by atoms with E-state index >= 15 is 0 Å². The van der Waals surface area contributed by atoms with Crippen LogP contribution in [0, 0.1) is 0 Å². The highest BCUT2D eigenvalue weighted by Crippen LogP contribution is 2.30. The van der Waals surface area contributed by atoms with Crippen molar-refractivity contribution in [3.8, 4) is 0 Å². The number of nitrogens with zero attached hydrogens (tertiary/aromatic N) is 1. The van der Waals surface area contributed by atoms with Gasteiger partial charge in [0.2, 0.25) is 0 Å². The third-order valence-electron chi connectivity index (χ3n) is 6.03. The van der Waals surface area contributed by atoms with Crippen molar-refractivity contribution in [1.82, 2.24) is 4.57 Å². The standard InChI is InChI=1S/C31H23NO2/c1-32-28-20-22(14-18-30(33)24-8-4-2-5-9-24)12-16-26(28)27-17-13-23(21-29(27)32)15-19-31(34)25-10-6-3-7-11-25/h2-21H,1H3. The van der Waals surface area contributed by atoms with Gasteiger partial charge < -0.3 is 4.57 Å². The number of allylic oxidation sites excluding steroid dienone is 2. The zero-order chi connectivity index (χ0) is 23.5. The summed E-state index contributed by atoms with van der Waals surface area (Å²) in [6.07, 6.45) is 6.95. The van der Waals surface area contributed by atoms with Gasteiger partial charge in [-0.15, -0.1) is 0 Å². The summed E-state index contributed by atoms with van der Waals surface area (Å²) in [4.78, 5) is 24.8. The first-order valence-corrected chi connectivity index (χ1v) is 11.2. The van der Waals surface area contributed by atoms with Crippen LogP contribution >= 0.6 is 0 Å². The molecule has 0 amide bonds. The first-order chi connectivity index (χ1) is 16.6. The normalized spacial score (nSPS) is 11.7. The van der Waals surface area contributed by atoms with Gasteiger partial charge in [-0.1, -0.05) is 97.1 Å². The predicted octanol–water partition coefficient (Wildman–Crippen LogP) is 7.12. The molecule has 3 heteroatoms. The predicted molar refractivity (Wildman–Crippen MR) is 140 cm³/mol. The molecule has 0 saturated heterocycles. The maximum atomic E-state index is 12.4. The van der Waals surface area contributed by atoms with E-state index in [4.69, 9.17) is 0 Å². The highest BCUT2D eigenvalue weighted by Gasteiger charge is 2.09. The van der Waals surface area contributed by atoms with Crippen molar-refractivity contribution in [3.63, 3.8) is 0 Å². The Morgan fingerprint density at radius 2 is 1.00 bits per heavy atom. The molecule has 0 atom stereocenters. The molecular formula is C31H23NO2. The molecule has 1 heterocycles. The molecule has 5 rings (SSSR count). The number of hydrogen-bond acceptors (Lipinski definition) is 2. The molecule has 0 N–H and O–H groups in total. The number of aromatic nitrogens is 1. The van der Waals surface area contributed by atoms with Crippen LogP contribution in [0.1, 0.15) is 31.8 Å². The Bertz CT molecular complexity index is 1450. The molecule has 5 aromatic rings. The minimum Gasteiger partial charge on any atom is -0.344 e. The van der Waals surface area contributed by atoms with Crippen molar-refractivity contribution in [3.05, 3.63) is 131 Å². The second-order valence-electron chi connectivity index (χ2n) is 8.24. The van der Waals surface area contributed by atoms with Crippen molar-refractivity contribution >= 4 is 45.5 Å². The Morgan fingerprint density at radius 3 is 1.41 bits per heavy atom. The molecule has 4 aromatic carbocycles. The molecule has 0 aliphatic rings. The summed E-state index contributed by atoms with van der Waals surface area (Å²) in [6.45, 7) is 0. The number of aryl methyl sites for hydroxylation is 1. The van der Waals surface area contributed by atoms with Gasteiger partial charge in [0.05, 0.1) is 0 Å². The fraction of sp³-hybridized carbons (Fsp3) is 0.0323. The highest BCUT2D eigenvalue weighted by atomic mass is 16.1. The topological polar surface area (TPSA) is 39.1 Å². The smallest absolute Gasteiger partial charge is 0.185 e. The van der Waals surface area contributed by atoms with Gasteiger partial charge in [0.15, 0.2) is 11.6 Å². The number of benzene rings is 4. The van der Waals surface area contributed by atoms with E-state index in [1.807, 2.05) is 92.0 Å². The molecular weight excluding hydrogens is 418 g/mol. The van der Waals surface area contributed by atoms with Crippen molar-refractivity contribution in [2.45, 2.75) is 0 Å². The molecule has 0 aliphatic heterocycles. The van der Waals surface area contributed by atoms with E-state index in [2.05, 4.69) is 28.8 Å². The van der Waals surface area contributed by atoms with Gasteiger partial charge in [0, 0.05) is 40.0 Å². The van der Waals surface area contributed by atoms with Crippen LogP contribution in [0.2, 0.25) is 0 Å². The molecule has 164 valence electrons. The summed E-state index contributed by atoms with van der Waals surface area (Å²) >= 11 is 0. The number of hydrogen-bond donors (Lipinski definition) is 0.